The number of hydrogen-bond donors (Lipinski definition) is 0. The Kier molecular flexibility index (Phi) is 20.2. The van der Waals surface area contributed by atoms with E-state index in [9.17, 15) is 10.1 Å². The first-order valence-corrected chi connectivity index (χ1v) is 31.6. The average molecular weight is 757 g/mol. The number of nitrogens with zero attached hydrogens (tertiary/aromatic N) is 1. The standard InChI is InChI=1S/C9H7NO3.6C4H9.2Sn/c1-2-7-13-9-5-3-8(4-6-9)10(11)12;6*1-3-4-2;;/h1,3-6H,7H2;6*1,3-4H2,2H3;;. The molecule has 1 rings (SSSR count). The zero-order valence-corrected chi connectivity index (χ0v) is 32.2. The Bertz CT molecular complexity index is 766. The molecule has 0 atom stereocenters. The van der Waals surface area contributed by atoms with E-state index in [1.54, 1.807) is 24.3 Å². The quantitative estimate of drug-likeness (QED) is 0.0599. The Hall–Kier alpha value is -0.243. The number of benzene rings is 1. The number of non-ortho nitro benzene ring substituents is 1. The number of rotatable bonds is 24. The van der Waals surface area contributed by atoms with Gasteiger partial charge in [0, 0.05) is 0 Å². The molecule has 4 nitrogen and oxygen atoms in total. The molecule has 0 fully saturated rings. The number of unbranched alkanes of at least 4 members (excludes halogenated alkanes) is 6. The first-order valence-electron chi connectivity index (χ1n) is 16.4. The van der Waals surface area contributed by atoms with Crippen molar-refractivity contribution in [2.24, 2.45) is 0 Å². The molecule has 1 aromatic rings. The molecule has 0 aliphatic heterocycles. The van der Waals surface area contributed by atoms with E-state index in [-0.39, 0.29) is 10.6 Å². The van der Waals surface area contributed by atoms with Crippen molar-refractivity contribution in [3.63, 3.8) is 0 Å². The van der Waals surface area contributed by atoms with E-state index in [1.807, 2.05) is 3.59 Å². The summed E-state index contributed by atoms with van der Waals surface area (Å²) in [5.74, 6) is 0.782. The Morgan fingerprint density at radius 2 is 1.08 bits per heavy atom. The molecule has 0 saturated carbocycles. The summed E-state index contributed by atoms with van der Waals surface area (Å²) in [7, 11) is 0. The molecule has 0 bridgehead atoms. The molecule has 0 amide bonds. The summed E-state index contributed by atoms with van der Waals surface area (Å²) in [5, 5.41) is 11.2. The van der Waals surface area contributed by atoms with Crippen LogP contribution in [0.3, 0.4) is 0 Å². The fraction of sp³-hybridized carbons (Fsp3) is 0.758. The molecule has 0 aliphatic rings. The number of nitro groups is 1. The fourth-order valence-corrected chi connectivity index (χ4v) is 48.3. The molecule has 1 aromatic carbocycles. The van der Waals surface area contributed by atoms with Crippen molar-refractivity contribution < 1.29 is 9.66 Å². The van der Waals surface area contributed by atoms with E-state index in [0.29, 0.717) is 0 Å². The van der Waals surface area contributed by atoms with Gasteiger partial charge in [-0.1, -0.05) is 0 Å². The predicted molar refractivity (Wildman–Crippen MR) is 176 cm³/mol. The van der Waals surface area contributed by atoms with E-state index in [1.165, 1.54) is 104 Å². The van der Waals surface area contributed by atoms with Gasteiger partial charge in [0.2, 0.25) is 0 Å². The van der Waals surface area contributed by atoms with Crippen LogP contribution in [-0.4, -0.2) is 48.3 Å². The van der Waals surface area contributed by atoms with Crippen LogP contribution in [0.4, 0.5) is 5.69 Å². The van der Waals surface area contributed by atoms with Gasteiger partial charge in [-0.3, -0.25) is 0 Å². The van der Waals surface area contributed by atoms with Crippen molar-refractivity contribution in [1.29, 1.82) is 0 Å². The van der Waals surface area contributed by atoms with Crippen molar-refractivity contribution in [1.82, 2.24) is 0 Å². The first-order chi connectivity index (χ1) is 18.9. The van der Waals surface area contributed by atoms with Crippen LogP contribution in [0.15, 0.2) is 31.9 Å². The molecule has 0 radical (unpaired) electrons. The maximum absolute atomic E-state index is 11.2. The van der Waals surface area contributed by atoms with Gasteiger partial charge in [-0.15, -0.1) is 0 Å². The molecule has 6 heteroatoms. The first kappa shape index (κ1) is 36.8. The number of nitro benzene ring substituents is 1. The zero-order valence-electron chi connectivity index (χ0n) is 26.5. The van der Waals surface area contributed by atoms with Crippen LogP contribution in [0.1, 0.15) is 119 Å². The average Bonchev–Trinajstić information content (AvgIpc) is 2.95. The summed E-state index contributed by atoms with van der Waals surface area (Å²) in [4.78, 5) is 10.9. The van der Waals surface area contributed by atoms with E-state index < -0.39 is 36.8 Å². The molecule has 0 N–H and O–H groups in total. The van der Waals surface area contributed by atoms with Crippen molar-refractivity contribution >= 4 is 42.4 Å². The van der Waals surface area contributed by atoms with Crippen LogP contribution in [0.2, 0.25) is 26.6 Å². The third-order valence-electron chi connectivity index (χ3n) is 8.71. The van der Waals surface area contributed by atoms with Crippen LogP contribution in [0, 0.1) is 10.1 Å². The van der Waals surface area contributed by atoms with Gasteiger partial charge in [0.15, 0.2) is 0 Å². The second kappa shape index (κ2) is 21.5. The van der Waals surface area contributed by atoms with Crippen molar-refractivity contribution in [2.75, 3.05) is 6.61 Å². The summed E-state index contributed by atoms with van der Waals surface area (Å²) < 4.78 is 20.4. The van der Waals surface area contributed by atoms with Crippen LogP contribution >= 0.6 is 0 Å². The van der Waals surface area contributed by atoms with Gasteiger partial charge < -0.3 is 0 Å². The van der Waals surface area contributed by atoms with Gasteiger partial charge in [-0.25, -0.2) is 0 Å². The summed E-state index contributed by atoms with van der Waals surface area (Å²) in [6.45, 7) is 14.9. The van der Waals surface area contributed by atoms with Crippen LogP contribution in [-0.2, 0) is 0 Å². The van der Waals surface area contributed by atoms with E-state index in [4.69, 9.17) is 4.74 Å². The molecule has 0 aromatic heterocycles. The van der Waals surface area contributed by atoms with Gasteiger partial charge in [0.05, 0.1) is 0 Å². The summed E-state index contributed by atoms with van der Waals surface area (Å²) in [6, 6.07) is 6.79. The van der Waals surface area contributed by atoms with Gasteiger partial charge in [-0.2, -0.15) is 0 Å². The van der Waals surface area contributed by atoms with Gasteiger partial charge in [0.25, 0.3) is 0 Å². The van der Waals surface area contributed by atoms with Gasteiger partial charge >= 0.3 is 252 Å². The van der Waals surface area contributed by atoms with Gasteiger partial charge in [0.1, 0.15) is 0 Å². The van der Waals surface area contributed by atoms with Crippen molar-refractivity contribution in [3.05, 3.63) is 42.1 Å². The Balaban J connectivity index is 3.68. The van der Waals surface area contributed by atoms with E-state index in [2.05, 4.69) is 45.6 Å². The maximum atomic E-state index is 11.2. The normalized spacial score (nSPS) is 12.6. The topological polar surface area (TPSA) is 52.4 Å². The van der Waals surface area contributed by atoms with Crippen LogP contribution in [0.5, 0.6) is 5.75 Å². The minimum atomic E-state index is -2.71. The fourth-order valence-electron chi connectivity index (χ4n) is 6.12. The third-order valence-corrected chi connectivity index (χ3v) is 41.3. The van der Waals surface area contributed by atoms with Gasteiger partial charge in [-0.05, 0) is 0 Å². The summed E-state index contributed by atoms with van der Waals surface area (Å²) in [5.41, 5.74) is 0.134. The second-order valence-corrected chi connectivity index (χ2v) is 38.3. The van der Waals surface area contributed by atoms with Crippen LogP contribution < -0.4 is 4.74 Å². The molecule has 0 saturated heterocycles. The monoisotopic (exact) mass is 759 g/mol. The second-order valence-electron chi connectivity index (χ2n) is 12.0. The minimum absolute atomic E-state index is 0.134. The van der Waals surface area contributed by atoms with Crippen molar-refractivity contribution in [3.8, 4) is 5.75 Å². The van der Waals surface area contributed by atoms with E-state index >= 15 is 0 Å². The molecule has 0 unspecified atom stereocenters. The Morgan fingerprint density at radius 3 is 1.44 bits per heavy atom. The Labute approximate surface area is 250 Å². The van der Waals surface area contributed by atoms with E-state index in [0.717, 1.165) is 12.4 Å². The Morgan fingerprint density at radius 1 is 0.692 bits per heavy atom. The molecule has 224 valence electrons. The molecular weight excluding hydrogens is 696 g/mol. The number of ether oxygens (including phenoxy) is 1. The zero-order chi connectivity index (χ0) is 29.0. The third kappa shape index (κ3) is 13.5. The summed E-state index contributed by atoms with van der Waals surface area (Å²) in [6.07, 6.45) is 16.0. The molecular formula is C33H61NO3Sn2. The summed E-state index contributed by atoms with van der Waals surface area (Å²) >= 11 is -5.26. The molecule has 0 heterocycles. The SMILES string of the molecule is CCC[CH2][Sn](/[CH]=[C](\COc1ccc([N+](=O)[O-])cc1)[Sn]([CH2]CCC)([CH2]CCC)[CH2]CCC)([CH2]CCC)[CH2]CCC. The number of hydrogen-bond acceptors (Lipinski definition) is 3. The molecule has 0 aliphatic carbocycles. The molecule has 0 spiro atoms. The predicted octanol–water partition coefficient (Wildman–Crippen LogP) is 11.7. The van der Waals surface area contributed by atoms with Crippen LogP contribution in [0.25, 0.3) is 0 Å². The van der Waals surface area contributed by atoms with Crippen molar-refractivity contribution in [2.45, 2.75) is 145 Å². The molecule has 39 heavy (non-hydrogen) atoms.